The standard InChI is InChI=1S/C26H35N3O6S/c1-6-26(3,4)27-24(30)18-29(21-9-11-22(34-5)12-10-21)25(31)20-8-7-19(2)23(17-20)36(32,33)28-13-15-35-16-14-28/h7-12,17H,6,13-16,18H2,1-5H3,(H,27,30). The largest absolute Gasteiger partial charge is 0.497 e. The summed E-state index contributed by atoms with van der Waals surface area (Å²) in [6.07, 6.45) is 0.718. The van der Waals surface area contributed by atoms with E-state index >= 15 is 0 Å². The van der Waals surface area contributed by atoms with Crippen molar-refractivity contribution in [3.8, 4) is 5.75 Å². The van der Waals surface area contributed by atoms with Crippen molar-refractivity contribution < 1.29 is 27.5 Å². The van der Waals surface area contributed by atoms with Crippen molar-refractivity contribution in [1.82, 2.24) is 9.62 Å². The van der Waals surface area contributed by atoms with Gasteiger partial charge in [-0.15, -0.1) is 0 Å². The number of nitrogens with one attached hydrogen (secondary N) is 1. The number of morpholine rings is 1. The van der Waals surface area contributed by atoms with E-state index in [0.717, 1.165) is 6.42 Å². The van der Waals surface area contributed by atoms with Crippen LogP contribution in [-0.4, -0.2) is 70.0 Å². The topological polar surface area (TPSA) is 105 Å². The van der Waals surface area contributed by atoms with E-state index in [9.17, 15) is 18.0 Å². The maximum Gasteiger partial charge on any atom is 0.258 e. The fourth-order valence-corrected chi connectivity index (χ4v) is 5.44. The van der Waals surface area contributed by atoms with Gasteiger partial charge in [-0.2, -0.15) is 4.31 Å². The van der Waals surface area contributed by atoms with Crippen LogP contribution in [0.3, 0.4) is 0 Å². The second-order valence-electron chi connectivity index (χ2n) is 9.37. The summed E-state index contributed by atoms with van der Waals surface area (Å²) in [6.45, 7) is 8.42. The van der Waals surface area contributed by atoms with E-state index in [1.807, 2.05) is 20.8 Å². The van der Waals surface area contributed by atoms with Crippen LogP contribution in [0.1, 0.15) is 43.1 Å². The molecule has 9 nitrogen and oxygen atoms in total. The van der Waals surface area contributed by atoms with E-state index in [2.05, 4.69) is 5.32 Å². The van der Waals surface area contributed by atoms with Gasteiger partial charge in [0.05, 0.1) is 25.2 Å². The first-order valence-electron chi connectivity index (χ1n) is 11.9. The number of anilines is 1. The van der Waals surface area contributed by atoms with Crippen molar-refractivity contribution >= 4 is 27.5 Å². The quantitative estimate of drug-likeness (QED) is 0.548. The van der Waals surface area contributed by atoms with Gasteiger partial charge in [0.1, 0.15) is 12.3 Å². The molecule has 0 bridgehead atoms. The van der Waals surface area contributed by atoms with E-state index in [4.69, 9.17) is 9.47 Å². The first-order chi connectivity index (χ1) is 17.0. The molecule has 0 aliphatic carbocycles. The predicted octanol–water partition coefficient (Wildman–Crippen LogP) is 2.98. The van der Waals surface area contributed by atoms with Crippen molar-refractivity contribution in [2.24, 2.45) is 0 Å². The third-order valence-corrected chi connectivity index (χ3v) is 8.36. The summed E-state index contributed by atoms with van der Waals surface area (Å²) < 4.78 is 38.5. The van der Waals surface area contributed by atoms with Crippen molar-refractivity contribution in [1.29, 1.82) is 0 Å². The highest BCUT2D eigenvalue weighted by atomic mass is 32.2. The van der Waals surface area contributed by atoms with Crippen LogP contribution in [-0.2, 0) is 19.6 Å². The first kappa shape index (κ1) is 27.6. The number of hydrogen-bond acceptors (Lipinski definition) is 6. The number of carbonyl (C=O) groups excluding carboxylic acids is 2. The van der Waals surface area contributed by atoms with Gasteiger partial charge in [-0.1, -0.05) is 13.0 Å². The average molecular weight is 518 g/mol. The number of methoxy groups -OCH3 is 1. The van der Waals surface area contributed by atoms with Gasteiger partial charge in [-0.25, -0.2) is 8.42 Å². The monoisotopic (exact) mass is 517 g/mol. The lowest BCUT2D eigenvalue weighted by Gasteiger charge is -2.28. The second kappa shape index (κ2) is 11.4. The zero-order chi connectivity index (χ0) is 26.5. The third-order valence-electron chi connectivity index (χ3n) is 6.32. The number of amides is 2. The Hall–Kier alpha value is -2.95. The molecule has 0 aromatic heterocycles. The molecule has 0 atom stereocenters. The van der Waals surface area contributed by atoms with Gasteiger partial charge in [-0.3, -0.25) is 14.5 Å². The number of aryl methyl sites for hydroxylation is 1. The summed E-state index contributed by atoms with van der Waals surface area (Å²) in [4.78, 5) is 28.0. The predicted molar refractivity (Wildman–Crippen MR) is 138 cm³/mol. The summed E-state index contributed by atoms with van der Waals surface area (Å²) in [7, 11) is -2.27. The fraction of sp³-hybridized carbons (Fsp3) is 0.462. The van der Waals surface area contributed by atoms with E-state index in [1.54, 1.807) is 50.4 Å². The average Bonchev–Trinajstić information content (AvgIpc) is 2.87. The minimum Gasteiger partial charge on any atom is -0.497 e. The zero-order valence-corrected chi connectivity index (χ0v) is 22.4. The molecular formula is C26H35N3O6S. The molecular weight excluding hydrogens is 482 g/mol. The summed E-state index contributed by atoms with van der Waals surface area (Å²) in [5.74, 6) is -0.195. The first-order valence-corrected chi connectivity index (χ1v) is 13.4. The van der Waals surface area contributed by atoms with Gasteiger partial charge in [0.15, 0.2) is 0 Å². The molecule has 0 radical (unpaired) electrons. The van der Waals surface area contributed by atoms with E-state index in [-0.39, 0.29) is 36.0 Å². The number of ether oxygens (including phenoxy) is 2. The lowest BCUT2D eigenvalue weighted by Crippen LogP contribution is -2.48. The Kier molecular flexibility index (Phi) is 8.76. The molecule has 1 aliphatic heterocycles. The van der Waals surface area contributed by atoms with Crippen LogP contribution in [0, 0.1) is 6.92 Å². The van der Waals surface area contributed by atoms with Crippen molar-refractivity contribution in [2.45, 2.75) is 44.6 Å². The van der Waals surface area contributed by atoms with Crippen LogP contribution in [0.4, 0.5) is 5.69 Å². The van der Waals surface area contributed by atoms with E-state index in [0.29, 0.717) is 30.2 Å². The second-order valence-corrected chi connectivity index (χ2v) is 11.3. The van der Waals surface area contributed by atoms with Gasteiger partial charge < -0.3 is 14.8 Å². The van der Waals surface area contributed by atoms with Crippen LogP contribution < -0.4 is 15.0 Å². The summed E-state index contributed by atoms with van der Waals surface area (Å²) in [6, 6.07) is 11.4. The Balaban J connectivity index is 1.98. The number of hydrogen-bond donors (Lipinski definition) is 1. The lowest BCUT2D eigenvalue weighted by molar-refractivity contribution is -0.121. The highest BCUT2D eigenvalue weighted by Gasteiger charge is 2.30. The molecule has 1 heterocycles. The Morgan fingerprint density at radius 1 is 1.11 bits per heavy atom. The molecule has 1 aliphatic rings. The molecule has 0 unspecified atom stereocenters. The maximum atomic E-state index is 13.7. The molecule has 1 saturated heterocycles. The molecule has 2 aromatic carbocycles. The molecule has 1 fully saturated rings. The van der Waals surface area contributed by atoms with Crippen LogP contribution in [0.15, 0.2) is 47.4 Å². The molecule has 10 heteroatoms. The molecule has 0 saturated carbocycles. The number of rotatable bonds is 9. The van der Waals surface area contributed by atoms with Crippen molar-refractivity contribution in [3.63, 3.8) is 0 Å². The molecule has 36 heavy (non-hydrogen) atoms. The SMILES string of the molecule is CCC(C)(C)NC(=O)CN(C(=O)c1ccc(C)c(S(=O)(=O)N2CCOCC2)c1)c1ccc(OC)cc1. The Morgan fingerprint density at radius 2 is 1.75 bits per heavy atom. The Bertz CT molecular complexity index is 1190. The van der Waals surface area contributed by atoms with Crippen LogP contribution in [0.25, 0.3) is 0 Å². The molecule has 1 N–H and O–H groups in total. The number of benzene rings is 2. The summed E-state index contributed by atoms with van der Waals surface area (Å²) in [5.41, 5.74) is 0.764. The zero-order valence-electron chi connectivity index (χ0n) is 21.5. The molecule has 3 rings (SSSR count). The minimum absolute atomic E-state index is 0.0708. The van der Waals surface area contributed by atoms with Gasteiger partial charge in [-0.05, 0) is 69.2 Å². The van der Waals surface area contributed by atoms with Crippen LogP contribution in [0.5, 0.6) is 5.75 Å². The lowest BCUT2D eigenvalue weighted by atomic mass is 10.0. The maximum absolute atomic E-state index is 13.7. The van der Waals surface area contributed by atoms with Crippen LogP contribution in [0.2, 0.25) is 0 Å². The molecule has 2 amide bonds. The van der Waals surface area contributed by atoms with Crippen molar-refractivity contribution in [2.75, 3.05) is 44.9 Å². The third kappa shape index (κ3) is 6.43. The number of nitrogens with zero attached hydrogens (tertiary/aromatic N) is 2. The smallest absolute Gasteiger partial charge is 0.258 e. The summed E-state index contributed by atoms with van der Waals surface area (Å²) in [5, 5.41) is 2.95. The summed E-state index contributed by atoms with van der Waals surface area (Å²) >= 11 is 0. The van der Waals surface area contributed by atoms with E-state index < -0.39 is 21.5 Å². The van der Waals surface area contributed by atoms with Crippen molar-refractivity contribution in [3.05, 3.63) is 53.6 Å². The fourth-order valence-electron chi connectivity index (χ4n) is 3.78. The normalized spacial score (nSPS) is 14.8. The Labute approximate surface area is 213 Å². The van der Waals surface area contributed by atoms with E-state index in [1.165, 1.54) is 15.3 Å². The number of carbonyl (C=O) groups is 2. The highest BCUT2D eigenvalue weighted by Crippen LogP contribution is 2.26. The highest BCUT2D eigenvalue weighted by molar-refractivity contribution is 7.89. The molecule has 2 aromatic rings. The van der Waals surface area contributed by atoms with Gasteiger partial charge in [0.25, 0.3) is 5.91 Å². The Morgan fingerprint density at radius 3 is 2.33 bits per heavy atom. The number of sulfonamides is 1. The van der Waals surface area contributed by atoms with Gasteiger partial charge in [0.2, 0.25) is 15.9 Å². The van der Waals surface area contributed by atoms with Gasteiger partial charge >= 0.3 is 0 Å². The molecule has 196 valence electrons. The minimum atomic E-state index is -3.81. The van der Waals surface area contributed by atoms with Gasteiger partial charge in [0, 0.05) is 29.9 Å². The van der Waals surface area contributed by atoms with Crippen LogP contribution >= 0.6 is 0 Å². The molecule has 0 spiro atoms.